The average Bonchev–Trinajstić information content (AvgIpc) is 2.04. The first-order valence-corrected chi connectivity index (χ1v) is 3.95. The zero-order valence-electron chi connectivity index (χ0n) is 7.66. The summed E-state index contributed by atoms with van der Waals surface area (Å²) in [5.41, 5.74) is 0.828. The number of nitrogens with one attached hydrogen (secondary N) is 2. The number of anilines is 1. The zero-order chi connectivity index (χ0) is 9.68. The molecule has 1 amide bonds. The van der Waals surface area contributed by atoms with Gasteiger partial charge in [-0.15, -0.1) is 0 Å². The molecule has 1 aromatic heterocycles. The fourth-order valence-corrected chi connectivity index (χ4v) is 0.870. The number of carbonyl (C=O) groups excluding carboxylic acids is 1. The lowest BCUT2D eigenvalue weighted by molar-refractivity contribution is -0.115. The van der Waals surface area contributed by atoms with Crippen molar-refractivity contribution >= 4 is 11.7 Å². The molecule has 0 fully saturated rings. The Morgan fingerprint density at radius 1 is 1.54 bits per heavy atom. The molecule has 5 nitrogen and oxygen atoms in total. The molecule has 0 saturated heterocycles. The predicted molar refractivity (Wildman–Crippen MR) is 49.3 cm³/mol. The smallest absolute Gasteiger partial charge is 0.239 e. The van der Waals surface area contributed by atoms with Crippen molar-refractivity contribution in [3.63, 3.8) is 0 Å². The molecule has 0 radical (unpaired) electrons. The predicted octanol–water partition coefficient (Wildman–Crippen LogP) is -0.0571. The Hall–Kier alpha value is -1.49. The van der Waals surface area contributed by atoms with Crippen molar-refractivity contribution in [1.82, 2.24) is 15.3 Å². The van der Waals surface area contributed by atoms with Crippen molar-refractivity contribution < 1.29 is 4.79 Å². The molecule has 0 aliphatic carbocycles. The van der Waals surface area contributed by atoms with Crippen molar-refractivity contribution in [2.24, 2.45) is 0 Å². The zero-order valence-corrected chi connectivity index (χ0v) is 7.66. The second-order valence-corrected chi connectivity index (χ2v) is 2.62. The summed E-state index contributed by atoms with van der Waals surface area (Å²) in [5.74, 6) is 0.424. The molecule has 1 aromatic rings. The molecule has 1 heterocycles. The molecule has 5 heteroatoms. The molecular formula is C8H12N4O. The Balaban J connectivity index is 2.58. The number of rotatable bonds is 3. The lowest BCUT2D eigenvalue weighted by atomic mass is 10.4. The first-order valence-electron chi connectivity index (χ1n) is 3.95. The molecule has 2 N–H and O–H groups in total. The Kier molecular flexibility index (Phi) is 3.33. The third-order valence-electron chi connectivity index (χ3n) is 1.41. The monoisotopic (exact) mass is 180 g/mol. The highest BCUT2D eigenvalue weighted by molar-refractivity contribution is 5.91. The maximum atomic E-state index is 11.1. The van der Waals surface area contributed by atoms with Crippen molar-refractivity contribution in [2.75, 3.05) is 18.9 Å². The topological polar surface area (TPSA) is 66.9 Å². The van der Waals surface area contributed by atoms with Gasteiger partial charge >= 0.3 is 0 Å². The van der Waals surface area contributed by atoms with E-state index in [9.17, 15) is 4.79 Å². The van der Waals surface area contributed by atoms with E-state index in [4.69, 9.17) is 0 Å². The maximum Gasteiger partial charge on any atom is 0.239 e. The fourth-order valence-electron chi connectivity index (χ4n) is 0.870. The van der Waals surface area contributed by atoms with E-state index < -0.39 is 0 Å². The summed E-state index contributed by atoms with van der Waals surface area (Å²) in [6.07, 6.45) is 1.42. The minimum atomic E-state index is -0.111. The van der Waals surface area contributed by atoms with Crippen LogP contribution in [0.4, 0.5) is 5.82 Å². The van der Waals surface area contributed by atoms with Gasteiger partial charge in [-0.25, -0.2) is 9.97 Å². The van der Waals surface area contributed by atoms with Crippen LogP contribution < -0.4 is 10.6 Å². The molecule has 0 bridgehead atoms. The van der Waals surface area contributed by atoms with Crippen LogP contribution in [-0.2, 0) is 4.79 Å². The summed E-state index contributed by atoms with van der Waals surface area (Å²) in [6.45, 7) is 2.12. The van der Waals surface area contributed by atoms with Crippen LogP contribution in [0.25, 0.3) is 0 Å². The molecule has 70 valence electrons. The van der Waals surface area contributed by atoms with Gasteiger partial charge in [0.05, 0.1) is 6.54 Å². The van der Waals surface area contributed by atoms with Crippen molar-refractivity contribution in [1.29, 1.82) is 0 Å². The van der Waals surface area contributed by atoms with Crippen molar-refractivity contribution in [3.8, 4) is 0 Å². The average molecular weight is 180 g/mol. The lowest BCUT2D eigenvalue weighted by Gasteiger charge is -2.03. The highest BCUT2D eigenvalue weighted by Gasteiger charge is 2.00. The number of amides is 1. The molecule has 0 aliphatic rings. The number of likely N-dealkylation sites (N-methyl/N-ethyl adjacent to an activating group) is 1. The fraction of sp³-hybridized carbons (Fsp3) is 0.375. The molecule has 0 saturated carbocycles. The van der Waals surface area contributed by atoms with Gasteiger partial charge in [0, 0.05) is 11.8 Å². The number of carbonyl (C=O) groups is 1. The molecule has 0 atom stereocenters. The van der Waals surface area contributed by atoms with E-state index in [1.54, 1.807) is 13.1 Å². The summed E-state index contributed by atoms with van der Waals surface area (Å²) < 4.78 is 0. The van der Waals surface area contributed by atoms with Crippen LogP contribution >= 0.6 is 0 Å². The van der Waals surface area contributed by atoms with Crippen molar-refractivity contribution in [3.05, 3.63) is 18.1 Å². The summed E-state index contributed by atoms with van der Waals surface area (Å²) in [5, 5.41) is 5.38. The van der Waals surface area contributed by atoms with E-state index >= 15 is 0 Å². The molecule has 1 rings (SSSR count). The van der Waals surface area contributed by atoms with Gasteiger partial charge < -0.3 is 10.6 Å². The van der Waals surface area contributed by atoms with Gasteiger partial charge in [-0.3, -0.25) is 4.79 Å². The van der Waals surface area contributed by atoms with E-state index in [1.807, 2.05) is 6.92 Å². The molecule has 0 spiro atoms. The van der Waals surface area contributed by atoms with Gasteiger partial charge in [0.1, 0.15) is 12.1 Å². The number of aryl methyl sites for hydroxylation is 1. The Morgan fingerprint density at radius 2 is 2.31 bits per heavy atom. The van der Waals surface area contributed by atoms with Crippen molar-refractivity contribution in [2.45, 2.75) is 6.92 Å². The van der Waals surface area contributed by atoms with Gasteiger partial charge in [-0.05, 0) is 14.0 Å². The number of aromatic nitrogens is 2. The van der Waals surface area contributed by atoms with Crippen LogP contribution in [-0.4, -0.2) is 29.5 Å². The van der Waals surface area contributed by atoms with Crippen LogP contribution in [0.15, 0.2) is 12.4 Å². The standard InChI is InChI=1S/C8H12N4O/c1-6-3-7(11-5-10-6)12-8(13)4-9-2/h3,5,9H,4H2,1-2H3,(H,10,11,12,13). The summed E-state index contributed by atoms with van der Waals surface area (Å²) in [4.78, 5) is 18.9. The van der Waals surface area contributed by atoms with Crippen LogP contribution in [0.1, 0.15) is 5.69 Å². The molecule has 0 unspecified atom stereocenters. The summed E-state index contributed by atoms with van der Waals surface area (Å²) in [7, 11) is 1.71. The minimum Gasteiger partial charge on any atom is -0.311 e. The van der Waals surface area contributed by atoms with E-state index in [2.05, 4.69) is 20.6 Å². The molecule has 0 aliphatic heterocycles. The molecule has 13 heavy (non-hydrogen) atoms. The van der Waals surface area contributed by atoms with Gasteiger partial charge in [-0.2, -0.15) is 0 Å². The van der Waals surface area contributed by atoms with E-state index in [-0.39, 0.29) is 12.5 Å². The quantitative estimate of drug-likeness (QED) is 0.684. The summed E-state index contributed by atoms with van der Waals surface area (Å²) in [6, 6.07) is 1.72. The Bertz CT molecular complexity index is 300. The highest BCUT2D eigenvalue weighted by atomic mass is 16.1. The van der Waals surface area contributed by atoms with Gasteiger partial charge in [0.2, 0.25) is 5.91 Å². The van der Waals surface area contributed by atoms with Crippen LogP contribution in [0.5, 0.6) is 0 Å². The minimum absolute atomic E-state index is 0.111. The van der Waals surface area contributed by atoms with Crippen LogP contribution in [0.2, 0.25) is 0 Å². The van der Waals surface area contributed by atoms with Gasteiger partial charge in [-0.1, -0.05) is 0 Å². The lowest BCUT2D eigenvalue weighted by Crippen LogP contribution is -2.25. The first-order chi connectivity index (χ1) is 6.22. The van der Waals surface area contributed by atoms with Crippen LogP contribution in [0, 0.1) is 6.92 Å². The molecular weight excluding hydrogens is 168 g/mol. The van der Waals surface area contributed by atoms with E-state index in [0.29, 0.717) is 5.82 Å². The number of hydrogen-bond acceptors (Lipinski definition) is 4. The number of nitrogens with zero attached hydrogens (tertiary/aromatic N) is 2. The second kappa shape index (κ2) is 4.51. The highest BCUT2D eigenvalue weighted by Crippen LogP contribution is 2.01. The van der Waals surface area contributed by atoms with Gasteiger partial charge in [0.25, 0.3) is 0 Å². The van der Waals surface area contributed by atoms with E-state index in [0.717, 1.165) is 5.69 Å². The summed E-state index contributed by atoms with van der Waals surface area (Å²) >= 11 is 0. The number of hydrogen-bond donors (Lipinski definition) is 2. The van der Waals surface area contributed by atoms with E-state index in [1.165, 1.54) is 6.33 Å². The van der Waals surface area contributed by atoms with Gasteiger partial charge in [0.15, 0.2) is 0 Å². The third kappa shape index (κ3) is 3.16. The largest absolute Gasteiger partial charge is 0.311 e. The molecule has 0 aromatic carbocycles. The van der Waals surface area contributed by atoms with Crippen LogP contribution in [0.3, 0.4) is 0 Å². The first kappa shape index (κ1) is 9.60. The normalized spacial score (nSPS) is 9.69. The SMILES string of the molecule is CNCC(=O)Nc1cc(C)ncn1. The second-order valence-electron chi connectivity index (χ2n) is 2.62. The Morgan fingerprint density at radius 3 is 2.92 bits per heavy atom. The Labute approximate surface area is 76.6 Å². The third-order valence-corrected chi connectivity index (χ3v) is 1.41. The maximum absolute atomic E-state index is 11.1.